The molecule has 2 N–H and O–H groups in total. The van der Waals surface area contributed by atoms with Crippen LogP contribution >= 0.6 is 0 Å². The lowest BCUT2D eigenvalue weighted by atomic mass is 9.73. The molecule has 0 atom stereocenters. The molecule has 0 aliphatic rings. The smallest absolute Gasteiger partial charge is 0.489 e. The fourth-order valence-corrected chi connectivity index (χ4v) is 2.88. The maximum atomic E-state index is 9.83. The van der Waals surface area contributed by atoms with Crippen molar-refractivity contribution in [2.24, 2.45) is 0 Å². The van der Waals surface area contributed by atoms with Gasteiger partial charge in [0.15, 0.2) is 0 Å². The molecular formula is C20H19BO4. The minimum absolute atomic E-state index is 0.457. The zero-order valence-electron chi connectivity index (χ0n) is 14.1. The Morgan fingerprint density at radius 3 is 1.68 bits per heavy atom. The number of hydrogen-bond donors (Lipinski definition) is 2. The van der Waals surface area contributed by atoms with E-state index < -0.39 is 7.12 Å². The number of benzene rings is 3. The third-order valence-corrected chi connectivity index (χ3v) is 4.15. The zero-order valence-corrected chi connectivity index (χ0v) is 14.1. The molecule has 0 radical (unpaired) electrons. The highest BCUT2D eigenvalue weighted by molar-refractivity contribution is 6.60. The Hall–Kier alpha value is -2.76. The van der Waals surface area contributed by atoms with Gasteiger partial charge in [0.1, 0.15) is 11.5 Å². The van der Waals surface area contributed by atoms with E-state index in [0.29, 0.717) is 5.46 Å². The molecule has 4 nitrogen and oxygen atoms in total. The summed E-state index contributed by atoms with van der Waals surface area (Å²) in [5, 5.41) is 19.7. The van der Waals surface area contributed by atoms with Crippen LogP contribution in [0.4, 0.5) is 0 Å². The first-order valence-electron chi connectivity index (χ1n) is 7.92. The monoisotopic (exact) mass is 334 g/mol. The lowest BCUT2D eigenvalue weighted by Gasteiger charge is -2.16. The van der Waals surface area contributed by atoms with Crippen molar-refractivity contribution >= 4 is 12.6 Å². The Morgan fingerprint density at radius 1 is 0.680 bits per heavy atom. The summed E-state index contributed by atoms with van der Waals surface area (Å²) >= 11 is 0. The van der Waals surface area contributed by atoms with Crippen LogP contribution in [-0.2, 0) is 0 Å². The fourth-order valence-electron chi connectivity index (χ4n) is 2.88. The molecule has 25 heavy (non-hydrogen) atoms. The summed E-state index contributed by atoms with van der Waals surface area (Å²) in [6.45, 7) is 0. The van der Waals surface area contributed by atoms with Gasteiger partial charge in [0.05, 0.1) is 14.2 Å². The number of methoxy groups -OCH3 is 2. The molecule has 0 aliphatic carbocycles. The lowest BCUT2D eigenvalue weighted by Crippen LogP contribution is -2.31. The Labute approximate surface area is 147 Å². The first-order valence-corrected chi connectivity index (χ1v) is 7.92. The van der Waals surface area contributed by atoms with Crippen molar-refractivity contribution in [3.05, 3.63) is 66.7 Å². The second kappa shape index (κ2) is 7.42. The molecule has 0 bridgehead atoms. The van der Waals surface area contributed by atoms with Crippen molar-refractivity contribution in [2.45, 2.75) is 0 Å². The van der Waals surface area contributed by atoms with E-state index in [1.807, 2.05) is 60.7 Å². The summed E-state index contributed by atoms with van der Waals surface area (Å²) in [6.07, 6.45) is 0. The summed E-state index contributed by atoms with van der Waals surface area (Å²) < 4.78 is 10.4. The van der Waals surface area contributed by atoms with Gasteiger partial charge >= 0.3 is 7.12 Å². The fraction of sp³-hybridized carbons (Fsp3) is 0.100. The van der Waals surface area contributed by atoms with E-state index >= 15 is 0 Å². The van der Waals surface area contributed by atoms with Crippen LogP contribution in [0.25, 0.3) is 22.3 Å². The van der Waals surface area contributed by atoms with Crippen molar-refractivity contribution < 1.29 is 19.5 Å². The van der Waals surface area contributed by atoms with Gasteiger partial charge in [-0.15, -0.1) is 0 Å². The SMILES string of the molecule is COc1ccc(-c2cccc(B(O)O)c2-c2ccc(OC)cc2)cc1. The quantitative estimate of drug-likeness (QED) is 0.705. The lowest BCUT2D eigenvalue weighted by molar-refractivity contribution is 0.414. The Balaban J connectivity index is 2.18. The van der Waals surface area contributed by atoms with E-state index in [4.69, 9.17) is 9.47 Å². The zero-order chi connectivity index (χ0) is 17.8. The van der Waals surface area contributed by atoms with Crippen LogP contribution in [0, 0.1) is 0 Å². The highest BCUT2D eigenvalue weighted by Crippen LogP contribution is 2.32. The molecule has 0 saturated heterocycles. The summed E-state index contributed by atoms with van der Waals surface area (Å²) in [5.41, 5.74) is 4.01. The average Bonchev–Trinajstić information content (AvgIpc) is 2.67. The predicted molar refractivity (Wildman–Crippen MR) is 100 cm³/mol. The molecule has 126 valence electrons. The maximum absolute atomic E-state index is 9.83. The molecule has 0 saturated carbocycles. The molecule has 0 amide bonds. The molecule has 5 heteroatoms. The Bertz CT molecular complexity index is 843. The molecule has 0 unspecified atom stereocenters. The standard InChI is InChI=1S/C20H19BO4/c1-24-16-10-6-14(7-11-16)18-4-3-5-19(21(22)23)20(18)15-8-12-17(25-2)13-9-15/h3-13,22-23H,1-2H3. The molecule has 0 spiro atoms. The van der Waals surface area contributed by atoms with Crippen molar-refractivity contribution in [3.63, 3.8) is 0 Å². The van der Waals surface area contributed by atoms with E-state index in [1.165, 1.54) is 0 Å². The normalized spacial score (nSPS) is 10.4. The van der Waals surface area contributed by atoms with Crippen molar-refractivity contribution in [2.75, 3.05) is 14.2 Å². The molecule has 0 aromatic heterocycles. The van der Waals surface area contributed by atoms with Crippen molar-refractivity contribution in [1.29, 1.82) is 0 Å². The van der Waals surface area contributed by atoms with Crippen LogP contribution in [0.15, 0.2) is 66.7 Å². The maximum Gasteiger partial charge on any atom is 0.489 e. The molecule has 3 aromatic rings. The Morgan fingerprint density at radius 2 is 1.20 bits per heavy atom. The van der Waals surface area contributed by atoms with Gasteiger partial charge in [-0.1, -0.05) is 42.5 Å². The summed E-state index contributed by atoms with van der Waals surface area (Å²) in [5.74, 6) is 1.52. The van der Waals surface area contributed by atoms with Crippen LogP contribution in [-0.4, -0.2) is 31.4 Å². The minimum atomic E-state index is -1.56. The third kappa shape index (κ3) is 3.53. The van der Waals surface area contributed by atoms with E-state index in [0.717, 1.165) is 33.8 Å². The number of ether oxygens (including phenoxy) is 2. The van der Waals surface area contributed by atoms with Gasteiger partial charge in [0.2, 0.25) is 0 Å². The molecule has 0 fully saturated rings. The second-order valence-corrected chi connectivity index (χ2v) is 5.60. The van der Waals surface area contributed by atoms with E-state index in [1.54, 1.807) is 20.3 Å². The molecular weight excluding hydrogens is 315 g/mol. The molecule has 3 rings (SSSR count). The van der Waals surface area contributed by atoms with Crippen LogP contribution in [0.1, 0.15) is 0 Å². The van der Waals surface area contributed by atoms with Crippen LogP contribution < -0.4 is 14.9 Å². The third-order valence-electron chi connectivity index (χ3n) is 4.15. The minimum Gasteiger partial charge on any atom is -0.497 e. The second-order valence-electron chi connectivity index (χ2n) is 5.60. The van der Waals surface area contributed by atoms with Gasteiger partial charge in [-0.3, -0.25) is 0 Å². The molecule has 3 aromatic carbocycles. The van der Waals surface area contributed by atoms with Crippen LogP contribution in [0.5, 0.6) is 11.5 Å². The summed E-state index contributed by atoms with van der Waals surface area (Å²) in [7, 11) is 1.68. The van der Waals surface area contributed by atoms with Gasteiger partial charge < -0.3 is 19.5 Å². The van der Waals surface area contributed by atoms with Gasteiger partial charge in [-0.25, -0.2) is 0 Å². The van der Waals surface area contributed by atoms with Gasteiger partial charge in [0.25, 0.3) is 0 Å². The first kappa shape index (κ1) is 17.1. The Kier molecular flexibility index (Phi) is 5.07. The largest absolute Gasteiger partial charge is 0.497 e. The summed E-state index contributed by atoms with van der Waals surface area (Å²) in [4.78, 5) is 0. The van der Waals surface area contributed by atoms with Gasteiger partial charge in [-0.05, 0) is 52.0 Å². The van der Waals surface area contributed by atoms with Crippen LogP contribution in [0.2, 0.25) is 0 Å². The van der Waals surface area contributed by atoms with Gasteiger partial charge in [0, 0.05) is 0 Å². The van der Waals surface area contributed by atoms with Crippen molar-refractivity contribution in [1.82, 2.24) is 0 Å². The summed E-state index contributed by atoms with van der Waals surface area (Å²) in [6, 6.07) is 20.7. The van der Waals surface area contributed by atoms with E-state index in [-0.39, 0.29) is 0 Å². The van der Waals surface area contributed by atoms with Gasteiger partial charge in [-0.2, -0.15) is 0 Å². The van der Waals surface area contributed by atoms with E-state index in [9.17, 15) is 10.0 Å². The highest BCUT2D eigenvalue weighted by Gasteiger charge is 2.20. The predicted octanol–water partition coefficient (Wildman–Crippen LogP) is 2.72. The van der Waals surface area contributed by atoms with Crippen molar-refractivity contribution in [3.8, 4) is 33.8 Å². The van der Waals surface area contributed by atoms with Crippen LogP contribution in [0.3, 0.4) is 0 Å². The number of rotatable bonds is 5. The first-order chi connectivity index (χ1) is 12.1. The average molecular weight is 334 g/mol. The number of hydrogen-bond acceptors (Lipinski definition) is 4. The molecule has 0 heterocycles. The van der Waals surface area contributed by atoms with E-state index in [2.05, 4.69) is 0 Å². The topological polar surface area (TPSA) is 58.9 Å². The molecule has 0 aliphatic heterocycles. The highest BCUT2D eigenvalue weighted by atomic mass is 16.5.